The molecule has 0 aromatic carbocycles. The summed E-state index contributed by atoms with van der Waals surface area (Å²) in [5.74, 6) is 1.72. The van der Waals surface area contributed by atoms with E-state index in [0.29, 0.717) is 0 Å². The van der Waals surface area contributed by atoms with Gasteiger partial charge in [-0.15, -0.1) is 0 Å². The summed E-state index contributed by atoms with van der Waals surface area (Å²) in [6, 6.07) is -0.107. The lowest BCUT2D eigenvalue weighted by Crippen LogP contribution is -2.50. The first-order valence-electron chi connectivity index (χ1n) is 3.75. The van der Waals surface area contributed by atoms with E-state index in [4.69, 9.17) is 0 Å². The highest BCUT2D eigenvalue weighted by Gasteiger charge is 2.24. The molecule has 1 atom stereocenters. The van der Waals surface area contributed by atoms with E-state index in [2.05, 4.69) is 10.5 Å². The van der Waals surface area contributed by atoms with E-state index in [9.17, 15) is 4.79 Å². The molecule has 0 saturated carbocycles. The van der Waals surface area contributed by atoms with E-state index >= 15 is 0 Å². The molecule has 0 bridgehead atoms. The molecule has 0 spiro atoms. The summed E-state index contributed by atoms with van der Waals surface area (Å²) in [5, 5.41) is 3.95. The molecule has 12 heavy (non-hydrogen) atoms. The van der Waals surface area contributed by atoms with Crippen molar-refractivity contribution in [3.8, 4) is 0 Å². The van der Waals surface area contributed by atoms with Gasteiger partial charge >= 0.3 is 0 Å². The highest BCUT2D eigenvalue weighted by molar-refractivity contribution is 7.99. The van der Waals surface area contributed by atoms with E-state index in [1.54, 1.807) is 11.8 Å². The standard InChI is InChI=1S/C7H13N3OS/c1-5-7(11)9-8-6(4-12-3)10(5)2/h5H,4H2,1-3H3,(H,9,11). The van der Waals surface area contributed by atoms with Crippen molar-refractivity contribution in [1.29, 1.82) is 0 Å². The Labute approximate surface area is 76.4 Å². The predicted octanol–water partition coefficient (Wildman–Crippen LogP) is 0.113. The number of hydrogen-bond acceptors (Lipinski definition) is 4. The first-order valence-corrected chi connectivity index (χ1v) is 5.14. The second kappa shape index (κ2) is 3.80. The summed E-state index contributed by atoms with van der Waals surface area (Å²) < 4.78 is 0. The number of hydrogen-bond donors (Lipinski definition) is 1. The second-order valence-electron chi connectivity index (χ2n) is 2.72. The fourth-order valence-electron chi connectivity index (χ4n) is 0.955. The summed E-state index contributed by atoms with van der Waals surface area (Å²) in [6.07, 6.45) is 2.01. The number of thioether (sulfide) groups is 1. The van der Waals surface area contributed by atoms with Gasteiger partial charge in [0, 0.05) is 7.05 Å². The van der Waals surface area contributed by atoms with Gasteiger partial charge in [0.25, 0.3) is 5.91 Å². The number of nitrogens with zero attached hydrogens (tertiary/aromatic N) is 2. The first-order chi connectivity index (χ1) is 5.66. The van der Waals surface area contributed by atoms with Gasteiger partial charge in [-0.25, -0.2) is 5.43 Å². The van der Waals surface area contributed by atoms with Gasteiger partial charge in [-0.3, -0.25) is 4.79 Å². The van der Waals surface area contributed by atoms with Crippen LogP contribution < -0.4 is 5.43 Å². The SMILES string of the molecule is CSCC1=NNC(=O)C(C)N1C. The van der Waals surface area contributed by atoms with E-state index in [1.165, 1.54) is 0 Å². The lowest BCUT2D eigenvalue weighted by Gasteiger charge is -2.29. The minimum absolute atomic E-state index is 0.0395. The van der Waals surface area contributed by atoms with Crippen LogP contribution in [0.1, 0.15) is 6.92 Å². The van der Waals surface area contributed by atoms with E-state index < -0.39 is 0 Å². The van der Waals surface area contributed by atoms with Gasteiger partial charge < -0.3 is 4.90 Å². The van der Waals surface area contributed by atoms with Crippen molar-refractivity contribution in [2.45, 2.75) is 13.0 Å². The third kappa shape index (κ3) is 1.72. The largest absolute Gasteiger partial charge is 0.349 e. The van der Waals surface area contributed by atoms with E-state index in [0.717, 1.165) is 11.6 Å². The molecule has 1 amide bonds. The van der Waals surface area contributed by atoms with Crippen LogP contribution in [0.3, 0.4) is 0 Å². The average Bonchev–Trinajstić information content (AvgIpc) is 2.07. The fraction of sp³-hybridized carbons (Fsp3) is 0.714. The zero-order valence-corrected chi connectivity index (χ0v) is 8.31. The Morgan fingerprint density at radius 2 is 2.42 bits per heavy atom. The average molecular weight is 187 g/mol. The molecule has 4 nitrogen and oxygen atoms in total. The smallest absolute Gasteiger partial charge is 0.262 e. The molecule has 1 heterocycles. The molecule has 1 aliphatic heterocycles. The molecular formula is C7H13N3OS. The monoisotopic (exact) mass is 187 g/mol. The van der Waals surface area contributed by atoms with Crippen LogP contribution in [-0.4, -0.2) is 41.7 Å². The molecule has 1 aliphatic rings. The molecule has 68 valence electrons. The van der Waals surface area contributed by atoms with Crippen molar-refractivity contribution in [2.75, 3.05) is 19.1 Å². The molecule has 1 N–H and O–H groups in total. The summed E-state index contributed by atoms with van der Waals surface area (Å²) in [4.78, 5) is 13.0. The molecular weight excluding hydrogens is 174 g/mol. The Kier molecular flexibility index (Phi) is 2.97. The van der Waals surface area contributed by atoms with Gasteiger partial charge in [-0.1, -0.05) is 0 Å². The maximum absolute atomic E-state index is 11.1. The lowest BCUT2D eigenvalue weighted by atomic mass is 10.2. The minimum atomic E-state index is -0.107. The zero-order chi connectivity index (χ0) is 9.14. The van der Waals surface area contributed by atoms with Crippen LogP contribution in [0.25, 0.3) is 0 Å². The number of nitrogens with one attached hydrogen (secondary N) is 1. The van der Waals surface area contributed by atoms with Gasteiger partial charge in [0.15, 0.2) is 0 Å². The Balaban J connectivity index is 2.70. The Hall–Kier alpha value is -0.710. The molecule has 0 saturated heterocycles. The summed E-state index contributed by atoms with van der Waals surface area (Å²) >= 11 is 1.69. The van der Waals surface area contributed by atoms with Crippen molar-refractivity contribution in [1.82, 2.24) is 10.3 Å². The quantitative estimate of drug-likeness (QED) is 0.667. The third-order valence-corrected chi connectivity index (χ3v) is 2.48. The molecule has 0 radical (unpaired) electrons. The lowest BCUT2D eigenvalue weighted by molar-refractivity contribution is -0.125. The number of amides is 1. The summed E-state index contributed by atoms with van der Waals surface area (Å²) in [7, 11) is 1.89. The number of rotatable bonds is 2. The molecule has 1 unspecified atom stereocenters. The van der Waals surface area contributed by atoms with E-state index in [-0.39, 0.29) is 11.9 Å². The maximum Gasteiger partial charge on any atom is 0.262 e. The van der Waals surface area contributed by atoms with Crippen LogP contribution in [0.5, 0.6) is 0 Å². The number of amidine groups is 1. The Bertz CT molecular complexity index is 217. The van der Waals surface area contributed by atoms with Crippen LogP contribution in [0.2, 0.25) is 0 Å². The van der Waals surface area contributed by atoms with Crippen LogP contribution in [0.15, 0.2) is 5.10 Å². The Morgan fingerprint density at radius 3 is 3.00 bits per heavy atom. The van der Waals surface area contributed by atoms with Crippen molar-refractivity contribution >= 4 is 23.5 Å². The normalized spacial score (nSPS) is 23.6. The number of likely N-dealkylation sites (N-methyl/N-ethyl adjacent to an activating group) is 1. The highest BCUT2D eigenvalue weighted by Crippen LogP contribution is 2.06. The first kappa shape index (κ1) is 9.38. The summed E-state index contributed by atoms with van der Waals surface area (Å²) in [6.45, 7) is 1.87. The minimum Gasteiger partial charge on any atom is -0.349 e. The van der Waals surface area contributed by atoms with Crippen LogP contribution >= 0.6 is 11.8 Å². The van der Waals surface area contributed by atoms with Gasteiger partial charge in [0.2, 0.25) is 0 Å². The van der Waals surface area contributed by atoms with Crippen LogP contribution in [-0.2, 0) is 4.79 Å². The van der Waals surface area contributed by atoms with Crippen molar-refractivity contribution in [3.63, 3.8) is 0 Å². The number of carbonyl (C=O) groups excluding carboxylic acids is 1. The third-order valence-electron chi connectivity index (χ3n) is 1.94. The molecule has 0 aromatic heterocycles. The molecule has 0 fully saturated rings. The van der Waals surface area contributed by atoms with Gasteiger partial charge in [0.05, 0.1) is 5.75 Å². The van der Waals surface area contributed by atoms with Crippen molar-refractivity contribution in [2.24, 2.45) is 5.10 Å². The molecule has 0 aliphatic carbocycles. The Morgan fingerprint density at radius 1 is 1.75 bits per heavy atom. The van der Waals surface area contributed by atoms with E-state index in [1.807, 2.05) is 25.1 Å². The van der Waals surface area contributed by atoms with Crippen LogP contribution in [0, 0.1) is 0 Å². The zero-order valence-electron chi connectivity index (χ0n) is 7.50. The van der Waals surface area contributed by atoms with Gasteiger partial charge in [-0.2, -0.15) is 16.9 Å². The van der Waals surface area contributed by atoms with Crippen molar-refractivity contribution in [3.05, 3.63) is 0 Å². The maximum atomic E-state index is 11.1. The molecule has 1 rings (SSSR count). The van der Waals surface area contributed by atoms with Crippen molar-refractivity contribution < 1.29 is 4.79 Å². The molecule has 5 heteroatoms. The van der Waals surface area contributed by atoms with Crippen LogP contribution in [0.4, 0.5) is 0 Å². The summed E-state index contributed by atoms with van der Waals surface area (Å²) in [5.41, 5.74) is 2.49. The number of hydrazone groups is 1. The van der Waals surface area contributed by atoms with Gasteiger partial charge in [-0.05, 0) is 13.2 Å². The topological polar surface area (TPSA) is 44.7 Å². The highest BCUT2D eigenvalue weighted by atomic mass is 32.2. The second-order valence-corrected chi connectivity index (χ2v) is 3.59. The predicted molar refractivity (Wildman–Crippen MR) is 51.2 cm³/mol. The molecule has 0 aromatic rings. The number of carbonyl (C=O) groups is 1. The van der Waals surface area contributed by atoms with Gasteiger partial charge in [0.1, 0.15) is 11.9 Å². The fourth-order valence-corrected chi connectivity index (χ4v) is 1.48.